The third-order valence-corrected chi connectivity index (χ3v) is 7.34. The highest BCUT2D eigenvalue weighted by atomic mass is 35.5. The lowest BCUT2D eigenvalue weighted by Crippen LogP contribution is -2.22. The number of carbonyl (C=O) groups is 3. The summed E-state index contributed by atoms with van der Waals surface area (Å²) in [6.07, 6.45) is 3.02. The van der Waals surface area contributed by atoms with Gasteiger partial charge in [0.05, 0.1) is 28.8 Å². The molecule has 0 aliphatic heterocycles. The third-order valence-electron chi connectivity index (χ3n) is 6.17. The molecule has 3 aromatic heterocycles. The van der Waals surface area contributed by atoms with Crippen LogP contribution in [0.4, 0.5) is 15.9 Å². The first kappa shape index (κ1) is 27.1. The van der Waals surface area contributed by atoms with E-state index in [-0.39, 0.29) is 34.7 Å². The highest BCUT2D eigenvalue weighted by molar-refractivity contribution is 7.13. The van der Waals surface area contributed by atoms with Crippen molar-refractivity contribution in [1.82, 2.24) is 18.9 Å². The minimum absolute atomic E-state index is 0.0208. The van der Waals surface area contributed by atoms with Gasteiger partial charge in [-0.2, -0.15) is 4.37 Å². The van der Waals surface area contributed by atoms with E-state index in [0.717, 1.165) is 4.70 Å². The number of ketones is 1. The predicted octanol–water partition coefficient (Wildman–Crippen LogP) is 5.93. The molecular formula is C28H22ClFN6O3S. The van der Waals surface area contributed by atoms with E-state index in [1.165, 1.54) is 47.4 Å². The van der Waals surface area contributed by atoms with Crippen molar-refractivity contribution in [2.45, 2.75) is 26.3 Å². The van der Waals surface area contributed by atoms with Gasteiger partial charge in [-0.15, -0.1) is 0 Å². The number of carbonyl (C=O) groups excluding carboxylic acids is 3. The summed E-state index contributed by atoms with van der Waals surface area (Å²) in [6, 6.07) is 14.5. The SMILES string of the molecule is CC(=O)Cn1c(C(=O)Nc2cccnc2)nc(NC(=O)c2nsc3ccccc23)c1[C@H](C)c1cc(F)ccc1Cl. The molecule has 0 aliphatic rings. The molecule has 0 radical (unpaired) electrons. The molecule has 0 unspecified atom stereocenters. The second kappa shape index (κ2) is 11.3. The van der Waals surface area contributed by atoms with Crippen LogP contribution in [-0.4, -0.2) is 36.5 Å². The molecule has 5 rings (SSSR count). The quantitative estimate of drug-likeness (QED) is 0.236. The van der Waals surface area contributed by atoms with Crippen molar-refractivity contribution >= 4 is 62.3 Å². The number of rotatable bonds is 8. The summed E-state index contributed by atoms with van der Waals surface area (Å²) in [5, 5.41) is 6.42. The molecule has 202 valence electrons. The van der Waals surface area contributed by atoms with E-state index < -0.39 is 23.5 Å². The molecule has 9 nitrogen and oxygen atoms in total. The molecular weight excluding hydrogens is 555 g/mol. The van der Waals surface area contributed by atoms with Crippen LogP contribution in [0, 0.1) is 5.82 Å². The lowest BCUT2D eigenvalue weighted by atomic mass is 9.96. The average molecular weight is 577 g/mol. The lowest BCUT2D eigenvalue weighted by Gasteiger charge is -2.19. The van der Waals surface area contributed by atoms with Gasteiger partial charge in [-0.05, 0) is 60.4 Å². The van der Waals surface area contributed by atoms with Gasteiger partial charge in [-0.1, -0.05) is 36.7 Å². The Bertz CT molecular complexity index is 1750. The number of hydrogen-bond acceptors (Lipinski definition) is 7. The van der Waals surface area contributed by atoms with Gasteiger partial charge in [-0.25, -0.2) is 9.37 Å². The van der Waals surface area contributed by atoms with Crippen molar-refractivity contribution in [2.24, 2.45) is 0 Å². The molecule has 0 bridgehead atoms. The van der Waals surface area contributed by atoms with E-state index >= 15 is 0 Å². The van der Waals surface area contributed by atoms with Crippen LogP contribution in [0.5, 0.6) is 0 Å². The molecule has 0 saturated carbocycles. The maximum atomic E-state index is 14.3. The van der Waals surface area contributed by atoms with Crippen molar-refractivity contribution in [3.05, 3.63) is 101 Å². The van der Waals surface area contributed by atoms with Gasteiger partial charge in [0.15, 0.2) is 5.82 Å². The summed E-state index contributed by atoms with van der Waals surface area (Å²) < 4.78 is 20.8. The van der Waals surface area contributed by atoms with Crippen LogP contribution in [0.1, 0.15) is 52.1 Å². The smallest absolute Gasteiger partial charge is 0.291 e. The van der Waals surface area contributed by atoms with Crippen LogP contribution in [0.2, 0.25) is 5.02 Å². The lowest BCUT2D eigenvalue weighted by molar-refractivity contribution is -0.117. The number of anilines is 2. The molecule has 0 spiro atoms. The van der Waals surface area contributed by atoms with Gasteiger partial charge >= 0.3 is 0 Å². The number of nitrogens with zero attached hydrogens (tertiary/aromatic N) is 4. The zero-order valence-electron chi connectivity index (χ0n) is 21.3. The summed E-state index contributed by atoms with van der Waals surface area (Å²) in [5.74, 6) is -2.76. The fraction of sp³-hybridized carbons (Fsp3) is 0.143. The van der Waals surface area contributed by atoms with E-state index in [1.54, 1.807) is 37.4 Å². The molecule has 2 aromatic carbocycles. The van der Waals surface area contributed by atoms with Crippen LogP contribution in [-0.2, 0) is 11.3 Å². The molecule has 2 amide bonds. The Kier molecular flexibility index (Phi) is 7.67. The maximum Gasteiger partial charge on any atom is 0.291 e. The first-order chi connectivity index (χ1) is 19.2. The fourth-order valence-corrected chi connectivity index (χ4v) is 5.44. The standard InChI is InChI=1S/C28H22ClFN6O3S/c1-15(37)14-36-24(16(2)20-12-17(30)9-10-21(20)29)25(33-26(36)28(39)32-18-6-5-11-31-13-18)34-27(38)23-19-7-3-4-8-22(19)40-35-23/h3-13,16H,14H2,1-2H3,(H,32,39)(H,34,38)/t16-/m1/s1. The monoisotopic (exact) mass is 576 g/mol. The van der Waals surface area contributed by atoms with E-state index in [0.29, 0.717) is 22.3 Å². The molecule has 0 fully saturated rings. The molecule has 0 saturated heterocycles. The largest absolute Gasteiger partial charge is 0.318 e. The number of benzene rings is 2. The van der Waals surface area contributed by atoms with Crippen molar-refractivity contribution < 1.29 is 18.8 Å². The minimum atomic E-state index is -0.683. The third kappa shape index (κ3) is 5.47. The van der Waals surface area contributed by atoms with Crippen molar-refractivity contribution in [3.8, 4) is 0 Å². The number of pyridine rings is 1. The molecule has 1 atom stereocenters. The number of hydrogen-bond donors (Lipinski definition) is 2. The van der Waals surface area contributed by atoms with Gasteiger partial charge in [0.25, 0.3) is 11.8 Å². The number of nitrogens with one attached hydrogen (secondary N) is 2. The molecule has 5 aromatic rings. The molecule has 3 heterocycles. The first-order valence-electron chi connectivity index (χ1n) is 12.1. The van der Waals surface area contributed by atoms with Crippen LogP contribution < -0.4 is 10.6 Å². The van der Waals surface area contributed by atoms with Crippen LogP contribution in [0.15, 0.2) is 67.0 Å². The Hall–Kier alpha value is -4.48. The van der Waals surface area contributed by atoms with Crippen LogP contribution in [0.3, 0.4) is 0 Å². The zero-order valence-corrected chi connectivity index (χ0v) is 22.9. The normalized spacial score (nSPS) is 11.8. The Morgan fingerprint density at radius 1 is 1.07 bits per heavy atom. The van der Waals surface area contributed by atoms with Crippen LogP contribution in [0.25, 0.3) is 10.1 Å². The highest BCUT2D eigenvalue weighted by Crippen LogP contribution is 2.36. The second-order valence-electron chi connectivity index (χ2n) is 9.02. The molecule has 12 heteroatoms. The van der Waals surface area contributed by atoms with Gasteiger partial charge < -0.3 is 15.2 Å². The number of fused-ring (bicyclic) bond motifs is 1. The minimum Gasteiger partial charge on any atom is -0.318 e. The number of halogens is 2. The fourth-order valence-electron chi connectivity index (χ4n) is 4.39. The van der Waals surface area contributed by atoms with Gasteiger partial charge in [0, 0.05) is 22.5 Å². The second-order valence-corrected chi connectivity index (χ2v) is 10.2. The predicted molar refractivity (Wildman–Crippen MR) is 152 cm³/mol. The summed E-state index contributed by atoms with van der Waals surface area (Å²) in [4.78, 5) is 47.7. The van der Waals surface area contributed by atoms with E-state index in [9.17, 15) is 18.8 Å². The van der Waals surface area contributed by atoms with Crippen molar-refractivity contribution in [1.29, 1.82) is 0 Å². The summed E-state index contributed by atoms with van der Waals surface area (Å²) in [6.45, 7) is 2.86. The maximum absolute atomic E-state index is 14.3. The summed E-state index contributed by atoms with van der Waals surface area (Å²) in [7, 11) is 0. The van der Waals surface area contributed by atoms with Crippen molar-refractivity contribution in [3.63, 3.8) is 0 Å². The first-order valence-corrected chi connectivity index (χ1v) is 13.3. The molecule has 40 heavy (non-hydrogen) atoms. The van der Waals surface area contributed by atoms with Crippen LogP contribution >= 0.6 is 23.1 Å². The average Bonchev–Trinajstić information content (AvgIpc) is 3.51. The van der Waals surface area contributed by atoms with Gasteiger partial charge in [0.2, 0.25) is 5.82 Å². The number of imidazole rings is 1. The Balaban J connectivity index is 1.64. The van der Waals surface area contributed by atoms with E-state index in [2.05, 4.69) is 25.0 Å². The summed E-state index contributed by atoms with van der Waals surface area (Å²) in [5.41, 5.74) is 1.28. The Labute approximate surface area is 237 Å². The van der Waals surface area contributed by atoms with Gasteiger partial charge in [-0.3, -0.25) is 19.4 Å². The van der Waals surface area contributed by atoms with E-state index in [1.807, 2.05) is 12.1 Å². The number of Topliss-reactive ketones (excluding diaryl/α,β-unsaturated/α-hetero) is 1. The number of amides is 2. The Morgan fingerprint density at radius 2 is 1.88 bits per heavy atom. The summed E-state index contributed by atoms with van der Waals surface area (Å²) >= 11 is 7.61. The topological polar surface area (TPSA) is 119 Å². The molecule has 2 N–H and O–H groups in total. The van der Waals surface area contributed by atoms with Crippen molar-refractivity contribution in [2.75, 3.05) is 10.6 Å². The van der Waals surface area contributed by atoms with Gasteiger partial charge in [0.1, 0.15) is 17.3 Å². The highest BCUT2D eigenvalue weighted by Gasteiger charge is 2.30. The zero-order chi connectivity index (χ0) is 28.4. The van der Waals surface area contributed by atoms with E-state index in [4.69, 9.17) is 11.6 Å². The Morgan fingerprint density at radius 3 is 2.62 bits per heavy atom. The number of aromatic nitrogens is 4. The molecule has 0 aliphatic carbocycles.